The second kappa shape index (κ2) is 9.44. The summed E-state index contributed by atoms with van der Waals surface area (Å²) in [6.07, 6.45) is 0. The van der Waals surface area contributed by atoms with Crippen molar-refractivity contribution in [3.63, 3.8) is 0 Å². The number of nitriles is 1. The molecule has 3 aromatic rings. The van der Waals surface area contributed by atoms with Gasteiger partial charge < -0.3 is 25.1 Å². The summed E-state index contributed by atoms with van der Waals surface area (Å²) in [6.45, 7) is 0.237. The van der Waals surface area contributed by atoms with Crippen molar-refractivity contribution >= 4 is 39.1 Å². The van der Waals surface area contributed by atoms with Gasteiger partial charge in [-0.15, -0.1) is 0 Å². The summed E-state index contributed by atoms with van der Waals surface area (Å²) >= 11 is 15.6. The number of nitrogens with two attached hydrogens (primary N) is 1. The topological polar surface area (TPSA) is 97.7 Å². The van der Waals surface area contributed by atoms with Crippen LogP contribution in [-0.4, -0.2) is 12.2 Å². The van der Waals surface area contributed by atoms with Crippen molar-refractivity contribution in [2.45, 2.75) is 12.5 Å². The Balaban J connectivity index is 1.73. The zero-order valence-corrected chi connectivity index (χ0v) is 20.3. The van der Waals surface area contributed by atoms with Crippen molar-refractivity contribution in [3.8, 4) is 29.1 Å². The molecule has 0 radical (unpaired) electrons. The summed E-state index contributed by atoms with van der Waals surface area (Å²) in [5.41, 5.74) is 8.54. The number of halogens is 3. The first-order chi connectivity index (χ1) is 15.8. The van der Waals surface area contributed by atoms with Gasteiger partial charge >= 0.3 is 0 Å². The predicted octanol–water partition coefficient (Wildman–Crippen LogP) is 6.27. The number of benzene rings is 3. The minimum absolute atomic E-state index is 0.0179. The first-order valence-corrected chi connectivity index (χ1v) is 11.2. The SMILES string of the molecule is COc1cc([C@@H]2C(C#N)=C(N)Oc3cc(O)ccc32)cc(Br)c1OCc1ccc(Cl)c(Cl)c1. The van der Waals surface area contributed by atoms with Gasteiger partial charge in [0.2, 0.25) is 5.88 Å². The Labute approximate surface area is 208 Å². The Hall–Kier alpha value is -3.05. The Morgan fingerprint density at radius 2 is 1.94 bits per heavy atom. The first kappa shape index (κ1) is 23.1. The summed E-state index contributed by atoms with van der Waals surface area (Å²) in [7, 11) is 1.53. The van der Waals surface area contributed by atoms with E-state index >= 15 is 0 Å². The van der Waals surface area contributed by atoms with E-state index in [0.717, 1.165) is 11.1 Å². The number of hydrogen-bond acceptors (Lipinski definition) is 6. The van der Waals surface area contributed by atoms with Crippen LogP contribution in [0.15, 0.2) is 64.5 Å². The molecule has 3 aromatic carbocycles. The molecule has 6 nitrogen and oxygen atoms in total. The lowest BCUT2D eigenvalue weighted by Gasteiger charge is -2.27. The maximum atomic E-state index is 9.84. The molecule has 0 aromatic heterocycles. The third-order valence-corrected chi connectivity index (χ3v) is 6.48. The molecule has 9 heteroatoms. The van der Waals surface area contributed by atoms with E-state index in [0.29, 0.717) is 37.3 Å². The molecular weight excluding hydrogens is 531 g/mol. The fourth-order valence-corrected chi connectivity index (χ4v) is 4.51. The van der Waals surface area contributed by atoms with E-state index in [1.807, 2.05) is 12.1 Å². The molecule has 168 valence electrons. The van der Waals surface area contributed by atoms with Gasteiger partial charge in [0, 0.05) is 11.6 Å². The fraction of sp³-hybridized carbons (Fsp3) is 0.125. The van der Waals surface area contributed by atoms with Gasteiger partial charge in [-0.3, -0.25) is 0 Å². The number of hydrogen-bond donors (Lipinski definition) is 2. The first-order valence-electron chi connectivity index (χ1n) is 9.67. The van der Waals surface area contributed by atoms with Crippen LogP contribution in [0.3, 0.4) is 0 Å². The van der Waals surface area contributed by atoms with Crippen molar-refractivity contribution in [2.75, 3.05) is 7.11 Å². The second-order valence-corrected chi connectivity index (χ2v) is 8.89. The molecule has 0 fully saturated rings. The quantitative estimate of drug-likeness (QED) is 0.391. The number of fused-ring (bicyclic) bond motifs is 1. The lowest BCUT2D eigenvalue weighted by molar-refractivity contribution is 0.282. The number of phenolic OH excluding ortho intramolecular Hbond substituents is 1. The van der Waals surface area contributed by atoms with E-state index in [-0.39, 0.29) is 23.8 Å². The van der Waals surface area contributed by atoms with Crippen LogP contribution in [0.2, 0.25) is 10.0 Å². The molecule has 0 aliphatic carbocycles. The molecule has 33 heavy (non-hydrogen) atoms. The van der Waals surface area contributed by atoms with Gasteiger partial charge in [-0.2, -0.15) is 5.26 Å². The van der Waals surface area contributed by atoms with Crippen LogP contribution in [0.1, 0.15) is 22.6 Å². The molecule has 0 spiro atoms. The molecule has 0 saturated heterocycles. The molecule has 1 aliphatic heterocycles. The zero-order valence-electron chi connectivity index (χ0n) is 17.2. The highest BCUT2D eigenvalue weighted by molar-refractivity contribution is 9.10. The van der Waals surface area contributed by atoms with Crippen LogP contribution in [0.4, 0.5) is 0 Å². The molecule has 0 saturated carbocycles. The Kier molecular flexibility index (Phi) is 6.61. The van der Waals surface area contributed by atoms with E-state index in [1.54, 1.807) is 24.3 Å². The van der Waals surface area contributed by atoms with E-state index in [1.165, 1.54) is 19.2 Å². The molecule has 3 N–H and O–H groups in total. The van der Waals surface area contributed by atoms with Gasteiger partial charge in [0.15, 0.2) is 11.5 Å². The summed E-state index contributed by atoms with van der Waals surface area (Å²) in [5, 5.41) is 20.5. The average Bonchev–Trinajstić information content (AvgIpc) is 2.78. The maximum Gasteiger partial charge on any atom is 0.205 e. The highest BCUT2D eigenvalue weighted by atomic mass is 79.9. The van der Waals surface area contributed by atoms with E-state index in [4.69, 9.17) is 43.1 Å². The van der Waals surface area contributed by atoms with Gasteiger partial charge in [0.1, 0.15) is 29.7 Å². The Morgan fingerprint density at radius 1 is 1.15 bits per heavy atom. The van der Waals surface area contributed by atoms with Crippen LogP contribution >= 0.6 is 39.1 Å². The number of allylic oxidation sites excluding steroid dienone is 1. The van der Waals surface area contributed by atoms with Crippen LogP contribution < -0.4 is 19.9 Å². The monoisotopic (exact) mass is 546 g/mol. The predicted molar refractivity (Wildman–Crippen MR) is 129 cm³/mol. The third-order valence-electron chi connectivity index (χ3n) is 5.15. The van der Waals surface area contributed by atoms with Gasteiger partial charge in [-0.05, 0) is 57.4 Å². The fourth-order valence-electron chi connectivity index (χ4n) is 3.62. The van der Waals surface area contributed by atoms with Crippen molar-refractivity contribution in [1.29, 1.82) is 5.26 Å². The van der Waals surface area contributed by atoms with Gasteiger partial charge in [-0.1, -0.05) is 35.3 Å². The van der Waals surface area contributed by atoms with Gasteiger partial charge in [0.05, 0.1) is 27.5 Å². The molecule has 0 unspecified atom stereocenters. The van der Waals surface area contributed by atoms with Crippen molar-refractivity contribution in [2.24, 2.45) is 5.73 Å². The number of phenols is 1. The van der Waals surface area contributed by atoms with Crippen LogP contribution in [0, 0.1) is 11.3 Å². The smallest absolute Gasteiger partial charge is 0.205 e. The molecule has 4 rings (SSSR count). The normalized spacial score (nSPS) is 14.8. The van der Waals surface area contributed by atoms with E-state index in [9.17, 15) is 10.4 Å². The molecule has 1 aliphatic rings. The largest absolute Gasteiger partial charge is 0.508 e. The second-order valence-electron chi connectivity index (χ2n) is 7.22. The molecular formula is C24H17BrCl2N2O4. The minimum atomic E-state index is -0.520. The summed E-state index contributed by atoms with van der Waals surface area (Å²) in [5.74, 6) is 0.823. The van der Waals surface area contributed by atoms with Crippen LogP contribution in [-0.2, 0) is 6.61 Å². The number of nitrogens with zero attached hydrogens (tertiary/aromatic N) is 1. The summed E-state index contributed by atoms with van der Waals surface area (Å²) in [6, 6.07) is 15.7. The number of rotatable bonds is 5. The lowest BCUT2D eigenvalue weighted by Crippen LogP contribution is -2.21. The summed E-state index contributed by atoms with van der Waals surface area (Å²) < 4.78 is 17.8. The zero-order chi connectivity index (χ0) is 23.7. The van der Waals surface area contributed by atoms with Crippen molar-refractivity contribution in [1.82, 2.24) is 0 Å². The van der Waals surface area contributed by atoms with Crippen molar-refractivity contribution < 1.29 is 19.3 Å². The molecule has 1 atom stereocenters. The highest BCUT2D eigenvalue weighted by Crippen LogP contribution is 2.47. The van der Waals surface area contributed by atoms with Crippen molar-refractivity contribution in [3.05, 3.63) is 91.2 Å². The number of ether oxygens (including phenoxy) is 3. The van der Waals surface area contributed by atoms with Crippen LogP contribution in [0.25, 0.3) is 0 Å². The van der Waals surface area contributed by atoms with Gasteiger partial charge in [0.25, 0.3) is 0 Å². The number of aromatic hydroxyl groups is 1. The van der Waals surface area contributed by atoms with Gasteiger partial charge in [-0.25, -0.2) is 0 Å². The van der Waals surface area contributed by atoms with E-state index in [2.05, 4.69) is 22.0 Å². The molecule has 0 amide bonds. The summed E-state index contributed by atoms with van der Waals surface area (Å²) in [4.78, 5) is 0. The highest BCUT2D eigenvalue weighted by Gasteiger charge is 2.32. The molecule has 1 heterocycles. The lowest BCUT2D eigenvalue weighted by atomic mass is 9.83. The maximum absolute atomic E-state index is 9.84. The Morgan fingerprint density at radius 3 is 2.64 bits per heavy atom. The molecule has 0 bridgehead atoms. The Bertz CT molecular complexity index is 1320. The average molecular weight is 548 g/mol. The van der Waals surface area contributed by atoms with Crippen LogP contribution in [0.5, 0.6) is 23.0 Å². The standard InChI is InChI=1S/C24H17BrCl2N2O4/c1-31-21-8-13(7-17(25)23(21)32-11-12-2-5-18(26)19(27)6-12)22-15-4-3-14(30)9-20(15)33-24(29)16(22)10-28/h2-9,22,30H,11,29H2,1H3/t22-/m0/s1. The van der Waals surface area contributed by atoms with E-state index < -0.39 is 5.92 Å². The number of methoxy groups -OCH3 is 1. The minimum Gasteiger partial charge on any atom is -0.508 e. The third kappa shape index (κ3) is 4.55.